The lowest BCUT2D eigenvalue weighted by atomic mass is 9.97. The summed E-state index contributed by atoms with van der Waals surface area (Å²) in [5, 5.41) is 6.67. The van der Waals surface area contributed by atoms with Crippen LogP contribution in [0.5, 0.6) is 23.0 Å². The molecule has 1 aliphatic heterocycles. The lowest BCUT2D eigenvalue weighted by molar-refractivity contribution is -0.138. The number of aryl methyl sites for hydroxylation is 1. The van der Waals surface area contributed by atoms with Gasteiger partial charge >= 0.3 is 0 Å². The third-order valence-corrected chi connectivity index (χ3v) is 10.2. The van der Waals surface area contributed by atoms with Gasteiger partial charge in [-0.05, 0) is 80.4 Å². The van der Waals surface area contributed by atoms with Crippen molar-refractivity contribution in [2.45, 2.75) is 51.0 Å². The molecule has 0 radical (unpaired) electrons. The van der Waals surface area contributed by atoms with E-state index >= 15 is 0 Å². The van der Waals surface area contributed by atoms with Crippen LogP contribution >= 0.6 is 11.6 Å². The van der Waals surface area contributed by atoms with Gasteiger partial charge in [0, 0.05) is 39.9 Å². The van der Waals surface area contributed by atoms with Gasteiger partial charge in [-0.1, -0.05) is 72.3 Å². The molecule has 304 valence electrons. The van der Waals surface area contributed by atoms with Gasteiger partial charge in [0.2, 0.25) is 5.91 Å². The van der Waals surface area contributed by atoms with Crippen molar-refractivity contribution in [1.29, 1.82) is 0 Å². The number of rotatable bonds is 19. The molecule has 2 atom stereocenters. The number of benzene rings is 5. The van der Waals surface area contributed by atoms with E-state index in [1.54, 1.807) is 74.8 Å². The highest BCUT2D eigenvalue weighted by molar-refractivity contribution is 6.30. The van der Waals surface area contributed by atoms with Crippen LogP contribution < -0.4 is 34.5 Å². The van der Waals surface area contributed by atoms with Crippen LogP contribution in [-0.4, -0.2) is 58.9 Å². The summed E-state index contributed by atoms with van der Waals surface area (Å²) in [6.45, 7) is 2.13. The van der Waals surface area contributed by atoms with Gasteiger partial charge in [0.1, 0.15) is 29.5 Å². The second-order valence-electron chi connectivity index (χ2n) is 13.8. The molecule has 12 heteroatoms. The number of halogens is 2. The lowest BCUT2D eigenvalue weighted by Gasteiger charge is -2.26. The second kappa shape index (κ2) is 20.7. The maximum atomic E-state index is 14.7. The van der Waals surface area contributed by atoms with E-state index in [9.17, 15) is 14.0 Å². The molecular formula is C46H49ClFN3O7. The van der Waals surface area contributed by atoms with E-state index in [1.165, 1.54) is 11.6 Å². The molecule has 1 aliphatic rings. The third kappa shape index (κ3) is 10.7. The number of ether oxygens (including phenoxy) is 5. The first-order chi connectivity index (χ1) is 28.3. The molecule has 5 aromatic rings. The number of anilines is 1. The summed E-state index contributed by atoms with van der Waals surface area (Å²) in [7, 11) is 4.66. The Balaban J connectivity index is 1.26. The average Bonchev–Trinajstić information content (AvgIpc) is 3.35. The van der Waals surface area contributed by atoms with Gasteiger partial charge in [0.15, 0.2) is 11.5 Å². The van der Waals surface area contributed by atoms with Crippen LogP contribution in [0, 0.1) is 5.82 Å². The zero-order valence-corrected chi connectivity index (χ0v) is 33.7. The number of carbonyl (C=O) groups is 2. The van der Waals surface area contributed by atoms with Crippen LogP contribution in [0.2, 0.25) is 5.02 Å². The summed E-state index contributed by atoms with van der Waals surface area (Å²) in [6.07, 6.45) is 0.273. The molecular weight excluding hydrogens is 761 g/mol. The fourth-order valence-corrected chi connectivity index (χ4v) is 7.16. The fourth-order valence-electron chi connectivity index (χ4n) is 6.98. The Kier molecular flexibility index (Phi) is 15.0. The minimum atomic E-state index is -1.27. The zero-order valence-electron chi connectivity index (χ0n) is 33.0. The van der Waals surface area contributed by atoms with E-state index in [-0.39, 0.29) is 19.5 Å². The molecule has 5 aromatic carbocycles. The molecule has 10 nitrogen and oxygen atoms in total. The van der Waals surface area contributed by atoms with Gasteiger partial charge in [-0.3, -0.25) is 9.59 Å². The third-order valence-electron chi connectivity index (χ3n) is 9.95. The Morgan fingerprint density at radius 1 is 0.810 bits per heavy atom. The topological polar surface area (TPSA) is 108 Å². The van der Waals surface area contributed by atoms with E-state index in [0.29, 0.717) is 62.6 Å². The number of nitrogens with one attached hydrogen (secondary N) is 2. The molecule has 0 aromatic heterocycles. The van der Waals surface area contributed by atoms with Gasteiger partial charge in [0.25, 0.3) is 5.91 Å². The van der Waals surface area contributed by atoms with Gasteiger partial charge in [0.05, 0.1) is 46.6 Å². The van der Waals surface area contributed by atoms with E-state index in [0.717, 1.165) is 32.4 Å². The molecule has 2 amide bonds. The highest BCUT2D eigenvalue weighted by Gasteiger charge is 2.39. The van der Waals surface area contributed by atoms with Crippen molar-refractivity contribution in [1.82, 2.24) is 10.6 Å². The van der Waals surface area contributed by atoms with Crippen molar-refractivity contribution in [2.24, 2.45) is 0 Å². The minimum Gasteiger partial charge on any atom is -0.497 e. The summed E-state index contributed by atoms with van der Waals surface area (Å²) in [6, 6.07) is 32.7. The number of hydrogen-bond donors (Lipinski definition) is 2. The van der Waals surface area contributed by atoms with E-state index in [4.69, 9.17) is 35.3 Å². The summed E-state index contributed by atoms with van der Waals surface area (Å²) < 4.78 is 44.5. The SMILES string of the molecule is COc1ccc(CN2C(=O)C(CC(=O)NCc3ccccc3F)OC(c3cccc(OCCCNCCCc4ccccc4)c3OC)c3cc(Cl)ccc32)c(OC)c1. The summed E-state index contributed by atoms with van der Waals surface area (Å²) in [4.78, 5) is 29.8. The van der Waals surface area contributed by atoms with Crippen LogP contribution in [0.4, 0.5) is 10.1 Å². The second-order valence-corrected chi connectivity index (χ2v) is 14.2. The van der Waals surface area contributed by atoms with Crippen molar-refractivity contribution in [3.8, 4) is 23.0 Å². The maximum absolute atomic E-state index is 14.7. The minimum absolute atomic E-state index is 0.0607. The lowest BCUT2D eigenvalue weighted by Crippen LogP contribution is -2.41. The first-order valence-electron chi connectivity index (χ1n) is 19.3. The van der Waals surface area contributed by atoms with Crippen molar-refractivity contribution in [2.75, 3.05) is 45.9 Å². The molecule has 58 heavy (non-hydrogen) atoms. The molecule has 0 aliphatic carbocycles. The van der Waals surface area contributed by atoms with Crippen LogP contribution in [0.25, 0.3) is 0 Å². The fraction of sp³-hybridized carbons (Fsp3) is 0.304. The largest absolute Gasteiger partial charge is 0.497 e. The monoisotopic (exact) mass is 809 g/mol. The Bertz CT molecular complexity index is 2150. The first-order valence-corrected chi connectivity index (χ1v) is 19.7. The molecule has 0 fully saturated rings. The zero-order chi connectivity index (χ0) is 40.9. The van der Waals surface area contributed by atoms with Gasteiger partial charge in [-0.2, -0.15) is 0 Å². The van der Waals surface area contributed by atoms with Gasteiger partial charge in [-0.15, -0.1) is 0 Å². The van der Waals surface area contributed by atoms with Crippen molar-refractivity contribution in [3.63, 3.8) is 0 Å². The van der Waals surface area contributed by atoms with E-state index < -0.39 is 29.8 Å². The number of fused-ring (bicyclic) bond motifs is 1. The van der Waals surface area contributed by atoms with E-state index in [2.05, 4.69) is 34.9 Å². The van der Waals surface area contributed by atoms with Gasteiger partial charge in [-0.25, -0.2) is 4.39 Å². The normalized spacial score (nSPS) is 15.0. The molecule has 0 bridgehead atoms. The number of methoxy groups -OCH3 is 3. The highest BCUT2D eigenvalue weighted by Crippen LogP contribution is 2.46. The van der Waals surface area contributed by atoms with Crippen LogP contribution in [-0.2, 0) is 33.8 Å². The maximum Gasteiger partial charge on any atom is 0.257 e. The Morgan fingerprint density at radius 2 is 1.60 bits per heavy atom. The molecule has 0 spiro atoms. The summed E-state index contributed by atoms with van der Waals surface area (Å²) in [5.74, 6) is 0.627. The summed E-state index contributed by atoms with van der Waals surface area (Å²) in [5.41, 5.74) is 4.02. The predicted molar refractivity (Wildman–Crippen MR) is 223 cm³/mol. The van der Waals surface area contributed by atoms with Crippen molar-refractivity contribution < 1.29 is 37.7 Å². The summed E-state index contributed by atoms with van der Waals surface area (Å²) >= 11 is 6.66. The van der Waals surface area contributed by atoms with Crippen LogP contribution in [0.3, 0.4) is 0 Å². The quantitative estimate of drug-likeness (QED) is 0.0805. The number of amides is 2. The molecule has 6 rings (SSSR count). The smallest absolute Gasteiger partial charge is 0.257 e. The Labute approximate surface area is 344 Å². The number of carbonyl (C=O) groups excluding carboxylic acids is 2. The number of nitrogens with zero attached hydrogens (tertiary/aromatic N) is 1. The van der Waals surface area contributed by atoms with Crippen LogP contribution in [0.15, 0.2) is 109 Å². The van der Waals surface area contributed by atoms with Crippen molar-refractivity contribution in [3.05, 3.63) is 148 Å². The van der Waals surface area contributed by atoms with Crippen molar-refractivity contribution >= 4 is 29.1 Å². The highest BCUT2D eigenvalue weighted by atomic mass is 35.5. The predicted octanol–water partition coefficient (Wildman–Crippen LogP) is 8.22. The molecule has 2 unspecified atom stereocenters. The van der Waals surface area contributed by atoms with Crippen LogP contribution in [0.1, 0.15) is 53.2 Å². The molecule has 1 heterocycles. The molecule has 2 N–H and O–H groups in total. The number of para-hydroxylation sites is 1. The first kappa shape index (κ1) is 42.0. The average molecular weight is 810 g/mol. The standard InChI is InChI=1S/C46H49ClFN3O7/c1-54-35-21-19-33(41(27-35)55-2)30-51-39-22-20-34(47)26-37(39)44(58-42(46(51)53)28-43(52)50-29-32-15-7-8-17-38(32)48)36-16-9-18-40(45(36)56-3)57-25-11-24-49-23-10-14-31-12-5-4-6-13-31/h4-9,12-13,15-22,26-27,42,44,49H,10-11,14,23-25,28-30H2,1-3H3,(H,50,52). The molecule has 0 saturated carbocycles. The Hall–Kier alpha value is -5.62. The van der Waals surface area contributed by atoms with Gasteiger partial charge < -0.3 is 39.2 Å². The number of hydrogen-bond acceptors (Lipinski definition) is 8. The Morgan fingerprint density at radius 3 is 2.38 bits per heavy atom. The van der Waals surface area contributed by atoms with E-state index in [1.807, 2.05) is 30.3 Å². The molecule has 0 saturated heterocycles.